The Morgan fingerprint density at radius 3 is 2.67 bits per heavy atom. The highest BCUT2D eigenvalue weighted by Crippen LogP contribution is 2.16. The molecule has 0 radical (unpaired) electrons. The lowest BCUT2D eigenvalue weighted by Gasteiger charge is -2.15. The van der Waals surface area contributed by atoms with E-state index in [1.165, 1.54) is 0 Å². The predicted molar refractivity (Wildman–Crippen MR) is 67.6 cm³/mol. The molecule has 0 saturated heterocycles. The Labute approximate surface area is 101 Å². The Morgan fingerprint density at radius 1 is 1.27 bits per heavy atom. The van der Waals surface area contributed by atoms with Gasteiger partial charge in [-0.1, -0.05) is 42.0 Å². The van der Waals surface area contributed by atoms with Gasteiger partial charge in [0.05, 0.1) is 0 Å². The number of rotatable bonds is 5. The maximum absolute atomic E-state index is 6.06. The van der Waals surface area contributed by atoms with E-state index in [9.17, 15) is 0 Å². The van der Waals surface area contributed by atoms with Crippen LogP contribution in [-0.2, 0) is 6.54 Å². The highest BCUT2D eigenvalue weighted by Gasteiger charge is 2.01. The quantitative estimate of drug-likeness (QED) is 0.565. The third-order valence-electron chi connectivity index (χ3n) is 2.07. The van der Waals surface area contributed by atoms with Gasteiger partial charge in [0.15, 0.2) is 0 Å². The fourth-order valence-electron chi connectivity index (χ4n) is 1.30. The molecule has 82 valence electrons. The van der Waals surface area contributed by atoms with Crippen molar-refractivity contribution in [3.8, 4) is 0 Å². The molecular weight excluding hydrogens is 229 g/mol. The molecular formula is C12H15Cl2N. The molecule has 0 bridgehead atoms. The van der Waals surface area contributed by atoms with Crippen LogP contribution in [0, 0.1) is 0 Å². The maximum atomic E-state index is 6.06. The summed E-state index contributed by atoms with van der Waals surface area (Å²) in [5.74, 6) is 0.569. The molecule has 15 heavy (non-hydrogen) atoms. The van der Waals surface area contributed by atoms with Crippen LogP contribution in [0.5, 0.6) is 0 Å². The minimum Gasteiger partial charge on any atom is -0.298 e. The predicted octanol–water partition coefficient (Wildman–Crippen LogP) is 3.57. The molecule has 0 aromatic heterocycles. The summed E-state index contributed by atoms with van der Waals surface area (Å²) in [5.41, 5.74) is 1.15. The van der Waals surface area contributed by atoms with Crippen LogP contribution >= 0.6 is 23.2 Å². The molecule has 0 aliphatic rings. The minimum atomic E-state index is 0.569. The second kappa shape index (κ2) is 6.89. The van der Waals surface area contributed by atoms with Gasteiger partial charge < -0.3 is 0 Å². The summed E-state index contributed by atoms with van der Waals surface area (Å²) in [6, 6.07) is 7.91. The van der Waals surface area contributed by atoms with Gasteiger partial charge in [-0.2, -0.15) is 0 Å². The second-order valence-electron chi connectivity index (χ2n) is 3.41. The molecule has 0 saturated carbocycles. The van der Waals surface area contributed by atoms with E-state index in [4.69, 9.17) is 23.2 Å². The number of alkyl halides is 1. The maximum Gasteiger partial charge on any atom is 0.0451 e. The highest BCUT2D eigenvalue weighted by atomic mass is 35.5. The first-order valence-electron chi connectivity index (χ1n) is 4.87. The zero-order chi connectivity index (χ0) is 11.1. The van der Waals surface area contributed by atoms with Gasteiger partial charge in [-0.25, -0.2) is 0 Å². The first kappa shape index (κ1) is 12.6. The number of benzene rings is 1. The Hall–Kier alpha value is -0.500. The van der Waals surface area contributed by atoms with Crippen LogP contribution in [0.3, 0.4) is 0 Å². The van der Waals surface area contributed by atoms with Crippen LogP contribution in [-0.4, -0.2) is 24.4 Å². The zero-order valence-corrected chi connectivity index (χ0v) is 10.3. The van der Waals surface area contributed by atoms with Crippen LogP contribution in [0.25, 0.3) is 0 Å². The Bertz CT molecular complexity index is 323. The van der Waals surface area contributed by atoms with Crippen molar-refractivity contribution in [1.29, 1.82) is 0 Å². The molecule has 3 heteroatoms. The van der Waals surface area contributed by atoms with E-state index in [-0.39, 0.29) is 0 Å². The lowest BCUT2D eigenvalue weighted by molar-refractivity contribution is 0.363. The summed E-state index contributed by atoms with van der Waals surface area (Å²) < 4.78 is 0. The van der Waals surface area contributed by atoms with Gasteiger partial charge in [-0.05, 0) is 18.7 Å². The molecule has 0 aliphatic carbocycles. The molecule has 0 heterocycles. The third-order valence-corrected chi connectivity index (χ3v) is 2.62. The Balaban J connectivity index is 2.47. The van der Waals surface area contributed by atoms with E-state index in [0.29, 0.717) is 5.88 Å². The number of nitrogens with zero attached hydrogens (tertiary/aromatic N) is 1. The average Bonchev–Trinajstić information content (AvgIpc) is 2.22. The Kier molecular flexibility index (Phi) is 5.77. The monoisotopic (exact) mass is 243 g/mol. The van der Waals surface area contributed by atoms with E-state index < -0.39 is 0 Å². The summed E-state index contributed by atoms with van der Waals surface area (Å²) in [6.45, 7) is 1.74. The van der Waals surface area contributed by atoms with Crippen LogP contribution in [0.15, 0.2) is 36.4 Å². The van der Waals surface area contributed by atoms with Crippen LogP contribution in [0.2, 0.25) is 5.02 Å². The fourth-order valence-corrected chi connectivity index (χ4v) is 1.62. The normalized spacial score (nSPS) is 11.5. The standard InChI is InChI=1S/C12H15Cl2N/c1-15(9-5-4-8-13)10-11-6-2-3-7-12(11)14/h2-7H,8-10H2,1H3. The van der Waals surface area contributed by atoms with E-state index >= 15 is 0 Å². The largest absolute Gasteiger partial charge is 0.298 e. The van der Waals surface area contributed by atoms with Crippen LogP contribution in [0.1, 0.15) is 5.56 Å². The first-order valence-corrected chi connectivity index (χ1v) is 5.78. The number of hydrogen-bond donors (Lipinski definition) is 0. The van der Waals surface area contributed by atoms with Crippen molar-refractivity contribution in [3.63, 3.8) is 0 Å². The molecule has 0 N–H and O–H groups in total. The average molecular weight is 244 g/mol. The lowest BCUT2D eigenvalue weighted by Crippen LogP contribution is -2.17. The van der Waals surface area contributed by atoms with Crippen molar-refractivity contribution >= 4 is 23.2 Å². The molecule has 0 spiro atoms. The summed E-state index contributed by atoms with van der Waals surface area (Å²) in [7, 11) is 2.06. The lowest BCUT2D eigenvalue weighted by atomic mass is 10.2. The van der Waals surface area contributed by atoms with E-state index in [2.05, 4.69) is 18.0 Å². The third kappa shape index (κ3) is 4.70. The van der Waals surface area contributed by atoms with Gasteiger partial charge in [-0.3, -0.25) is 4.90 Å². The van der Waals surface area contributed by atoms with Gasteiger partial charge in [0.2, 0.25) is 0 Å². The van der Waals surface area contributed by atoms with Crippen LogP contribution in [0.4, 0.5) is 0 Å². The molecule has 1 aromatic rings. The molecule has 0 amide bonds. The molecule has 1 rings (SSSR count). The fraction of sp³-hybridized carbons (Fsp3) is 0.333. The van der Waals surface area contributed by atoms with Crippen molar-refractivity contribution in [2.24, 2.45) is 0 Å². The molecule has 0 atom stereocenters. The second-order valence-corrected chi connectivity index (χ2v) is 4.13. The van der Waals surface area contributed by atoms with E-state index in [1.807, 2.05) is 30.3 Å². The van der Waals surface area contributed by atoms with Gasteiger partial charge in [0.25, 0.3) is 0 Å². The van der Waals surface area contributed by atoms with Crippen molar-refractivity contribution in [3.05, 3.63) is 47.0 Å². The molecule has 1 nitrogen and oxygen atoms in total. The number of likely N-dealkylation sites (N-methyl/N-ethyl adjacent to an activating group) is 1. The van der Waals surface area contributed by atoms with E-state index in [0.717, 1.165) is 23.7 Å². The smallest absolute Gasteiger partial charge is 0.0451 e. The number of hydrogen-bond acceptors (Lipinski definition) is 1. The summed E-state index contributed by atoms with van der Waals surface area (Å²) in [4.78, 5) is 2.18. The van der Waals surface area contributed by atoms with Gasteiger partial charge in [0.1, 0.15) is 0 Å². The Morgan fingerprint density at radius 2 is 2.00 bits per heavy atom. The van der Waals surface area contributed by atoms with Crippen molar-refractivity contribution in [2.45, 2.75) is 6.54 Å². The molecule has 0 unspecified atom stereocenters. The summed E-state index contributed by atoms with van der Waals surface area (Å²) >= 11 is 11.6. The molecule has 0 fully saturated rings. The van der Waals surface area contributed by atoms with Crippen LogP contribution < -0.4 is 0 Å². The van der Waals surface area contributed by atoms with E-state index in [1.54, 1.807) is 0 Å². The van der Waals surface area contributed by atoms with Gasteiger partial charge >= 0.3 is 0 Å². The van der Waals surface area contributed by atoms with Gasteiger partial charge in [-0.15, -0.1) is 11.6 Å². The number of allylic oxidation sites excluding steroid dienone is 1. The zero-order valence-electron chi connectivity index (χ0n) is 8.79. The highest BCUT2D eigenvalue weighted by molar-refractivity contribution is 6.31. The topological polar surface area (TPSA) is 3.24 Å². The van der Waals surface area contributed by atoms with Crippen molar-refractivity contribution in [1.82, 2.24) is 4.90 Å². The molecule has 1 aromatic carbocycles. The van der Waals surface area contributed by atoms with Gasteiger partial charge in [0, 0.05) is 24.0 Å². The minimum absolute atomic E-state index is 0.569. The van der Waals surface area contributed by atoms with Crippen molar-refractivity contribution < 1.29 is 0 Å². The SMILES string of the molecule is CN(CC=CCCl)Cc1ccccc1Cl. The number of halogens is 2. The first-order chi connectivity index (χ1) is 7.24. The summed E-state index contributed by atoms with van der Waals surface area (Å²) in [5, 5.41) is 0.825. The summed E-state index contributed by atoms with van der Waals surface area (Å²) in [6.07, 6.45) is 4.01. The van der Waals surface area contributed by atoms with Crippen molar-refractivity contribution in [2.75, 3.05) is 19.5 Å². The molecule has 0 aliphatic heterocycles.